The summed E-state index contributed by atoms with van der Waals surface area (Å²) in [7, 11) is 4.91. The van der Waals surface area contributed by atoms with Gasteiger partial charge in [-0.15, -0.1) is 0 Å². The zero-order chi connectivity index (χ0) is 19.7. The highest BCUT2D eigenvalue weighted by Gasteiger charge is 2.32. The molecular formula is C23H27NO4. The quantitative estimate of drug-likeness (QED) is 0.841. The number of fused-ring (bicyclic) bond motifs is 1. The molecule has 28 heavy (non-hydrogen) atoms. The first-order valence-electron chi connectivity index (χ1n) is 9.70. The molecular weight excluding hydrogens is 354 g/mol. The van der Waals surface area contributed by atoms with E-state index in [0.29, 0.717) is 11.8 Å². The summed E-state index contributed by atoms with van der Waals surface area (Å²) in [6.45, 7) is 2.05. The van der Waals surface area contributed by atoms with Crippen molar-refractivity contribution < 1.29 is 19.3 Å². The van der Waals surface area contributed by atoms with Crippen molar-refractivity contribution in [3.05, 3.63) is 47.5 Å². The fourth-order valence-corrected chi connectivity index (χ4v) is 4.44. The van der Waals surface area contributed by atoms with E-state index in [9.17, 15) is 5.11 Å². The van der Waals surface area contributed by atoms with Crippen LogP contribution in [0.2, 0.25) is 0 Å². The van der Waals surface area contributed by atoms with Gasteiger partial charge in [0.2, 0.25) is 0 Å². The molecule has 5 nitrogen and oxygen atoms in total. The Labute approximate surface area is 166 Å². The van der Waals surface area contributed by atoms with Crippen LogP contribution in [0.3, 0.4) is 0 Å². The molecule has 0 spiro atoms. The van der Waals surface area contributed by atoms with Gasteiger partial charge in [0.25, 0.3) is 0 Å². The Kier molecular flexibility index (Phi) is 5.18. The molecule has 5 heteroatoms. The van der Waals surface area contributed by atoms with E-state index in [0.717, 1.165) is 42.1 Å². The minimum atomic E-state index is 0.161. The molecule has 1 atom stereocenters. The molecule has 2 aromatic rings. The Morgan fingerprint density at radius 2 is 1.54 bits per heavy atom. The maximum Gasteiger partial charge on any atom is 0.161 e. The Balaban J connectivity index is 1.84. The van der Waals surface area contributed by atoms with Crippen LogP contribution >= 0.6 is 0 Å². The minimum Gasteiger partial charge on any atom is -0.504 e. The second-order valence-corrected chi connectivity index (χ2v) is 7.38. The summed E-state index contributed by atoms with van der Waals surface area (Å²) < 4.78 is 16.3. The molecule has 0 radical (unpaired) electrons. The first-order valence-corrected chi connectivity index (χ1v) is 9.70. The van der Waals surface area contributed by atoms with Crippen LogP contribution in [-0.4, -0.2) is 50.5 Å². The second-order valence-electron chi connectivity index (χ2n) is 7.38. The number of hydrogen-bond acceptors (Lipinski definition) is 5. The summed E-state index contributed by atoms with van der Waals surface area (Å²) in [5.41, 5.74) is 4.86. The first-order chi connectivity index (χ1) is 13.6. The zero-order valence-electron chi connectivity index (χ0n) is 16.7. The van der Waals surface area contributed by atoms with Crippen molar-refractivity contribution in [3.8, 4) is 23.0 Å². The molecule has 0 saturated carbocycles. The first kappa shape index (κ1) is 18.7. The van der Waals surface area contributed by atoms with Crippen molar-refractivity contribution in [3.63, 3.8) is 0 Å². The molecule has 0 aliphatic carbocycles. The average molecular weight is 381 g/mol. The molecule has 0 bridgehead atoms. The lowest BCUT2D eigenvalue weighted by Crippen LogP contribution is -2.35. The highest BCUT2D eigenvalue weighted by atomic mass is 16.5. The third-order valence-corrected chi connectivity index (χ3v) is 5.92. The van der Waals surface area contributed by atoms with Crippen LogP contribution in [0.1, 0.15) is 30.4 Å². The van der Waals surface area contributed by atoms with Gasteiger partial charge < -0.3 is 19.3 Å². The van der Waals surface area contributed by atoms with Gasteiger partial charge in [-0.25, -0.2) is 0 Å². The fraction of sp³-hybridized carbons (Fsp3) is 0.391. The van der Waals surface area contributed by atoms with Gasteiger partial charge in [0.1, 0.15) is 0 Å². The van der Waals surface area contributed by atoms with E-state index in [-0.39, 0.29) is 5.75 Å². The molecule has 0 amide bonds. The number of benzene rings is 2. The lowest BCUT2D eigenvalue weighted by molar-refractivity contribution is 0.280. The smallest absolute Gasteiger partial charge is 0.161 e. The van der Waals surface area contributed by atoms with Gasteiger partial charge in [-0.1, -0.05) is 12.1 Å². The number of nitrogens with zero attached hydrogens (tertiary/aromatic N) is 1. The molecule has 2 aromatic carbocycles. The Hall–Kier alpha value is -2.66. The van der Waals surface area contributed by atoms with Crippen molar-refractivity contribution in [2.24, 2.45) is 0 Å². The molecule has 2 heterocycles. The summed E-state index contributed by atoms with van der Waals surface area (Å²) in [4.78, 5) is 2.57. The van der Waals surface area contributed by atoms with Gasteiger partial charge in [0.05, 0.1) is 21.3 Å². The summed E-state index contributed by atoms with van der Waals surface area (Å²) in [5.74, 6) is 2.14. The van der Waals surface area contributed by atoms with Gasteiger partial charge in [-0.2, -0.15) is 0 Å². The van der Waals surface area contributed by atoms with E-state index in [4.69, 9.17) is 14.2 Å². The number of ether oxygens (including phenoxy) is 3. The summed E-state index contributed by atoms with van der Waals surface area (Å²) in [5, 5.41) is 10.0. The molecule has 4 rings (SSSR count). The normalized spacial score (nSPS) is 19.5. The van der Waals surface area contributed by atoms with Gasteiger partial charge >= 0.3 is 0 Å². The maximum absolute atomic E-state index is 10.0. The highest BCUT2D eigenvalue weighted by Crippen LogP contribution is 2.43. The third kappa shape index (κ3) is 3.31. The second kappa shape index (κ2) is 7.76. The van der Waals surface area contributed by atoms with Crippen LogP contribution in [0.15, 0.2) is 36.4 Å². The molecule has 0 aromatic heterocycles. The number of phenolic OH excluding ortho intramolecular Hbond substituents is 1. The Morgan fingerprint density at radius 3 is 2.29 bits per heavy atom. The minimum absolute atomic E-state index is 0.161. The summed E-state index contributed by atoms with van der Waals surface area (Å²) >= 11 is 0. The van der Waals surface area contributed by atoms with Crippen molar-refractivity contribution in [1.29, 1.82) is 0 Å². The van der Waals surface area contributed by atoms with Crippen molar-refractivity contribution in [2.45, 2.75) is 25.3 Å². The average Bonchev–Trinajstić information content (AvgIpc) is 3.20. The monoisotopic (exact) mass is 381 g/mol. The predicted octanol–water partition coefficient (Wildman–Crippen LogP) is 4.20. The summed E-state index contributed by atoms with van der Waals surface area (Å²) in [6, 6.07) is 12.4. The van der Waals surface area contributed by atoms with Gasteiger partial charge in [-0.3, -0.25) is 4.90 Å². The van der Waals surface area contributed by atoms with Crippen LogP contribution in [0, 0.1) is 0 Å². The van der Waals surface area contributed by atoms with E-state index in [1.165, 1.54) is 24.0 Å². The van der Waals surface area contributed by atoms with E-state index in [2.05, 4.69) is 17.0 Å². The number of hydrogen-bond donors (Lipinski definition) is 1. The number of phenols is 1. The molecule has 1 saturated heterocycles. The SMILES string of the molecule is COc1cc(C2=C(c3ccc(OC)c(OC)c3)CC3CCCN3C2)ccc1O. The van der Waals surface area contributed by atoms with Crippen molar-refractivity contribution in [1.82, 2.24) is 4.90 Å². The lowest BCUT2D eigenvalue weighted by Gasteiger charge is -2.34. The van der Waals surface area contributed by atoms with Crippen LogP contribution < -0.4 is 14.2 Å². The predicted molar refractivity (Wildman–Crippen MR) is 110 cm³/mol. The number of methoxy groups -OCH3 is 3. The van der Waals surface area contributed by atoms with Crippen LogP contribution in [0.4, 0.5) is 0 Å². The Morgan fingerprint density at radius 1 is 0.857 bits per heavy atom. The standard InChI is InChI=1S/C23H27NO4/c1-26-21-9-7-15(12-23(21)28-3)18-13-17-5-4-10-24(17)14-19(18)16-6-8-20(25)22(11-16)27-2/h6-9,11-12,17,25H,4-5,10,13-14H2,1-3H3. The molecule has 1 N–H and O–H groups in total. The van der Waals surface area contributed by atoms with Crippen LogP contribution in [-0.2, 0) is 0 Å². The van der Waals surface area contributed by atoms with E-state index < -0.39 is 0 Å². The molecule has 2 aliphatic heterocycles. The summed E-state index contributed by atoms with van der Waals surface area (Å²) in [6.07, 6.45) is 3.49. The highest BCUT2D eigenvalue weighted by molar-refractivity contribution is 5.93. The number of aromatic hydroxyl groups is 1. The van der Waals surface area contributed by atoms with Crippen molar-refractivity contribution in [2.75, 3.05) is 34.4 Å². The molecule has 148 valence electrons. The van der Waals surface area contributed by atoms with Gasteiger partial charge in [0, 0.05) is 12.6 Å². The van der Waals surface area contributed by atoms with Crippen LogP contribution in [0.5, 0.6) is 23.0 Å². The topological polar surface area (TPSA) is 51.2 Å². The van der Waals surface area contributed by atoms with Crippen LogP contribution in [0.25, 0.3) is 11.1 Å². The van der Waals surface area contributed by atoms with Gasteiger partial charge in [-0.05, 0) is 72.3 Å². The van der Waals surface area contributed by atoms with E-state index in [1.54, 1.807) is 27.4 Å². The van der Waals surface area contributed by atoms with Crippen molar-refractivity contribution >= 4 is 11.1 Å². The molecule has 2 aliphatic rings. The molecule has 1 unspecified atom stereocenters. The molecule has 1 fully saturated rings. The fourth-order valence-electron chi connectivity index (χ4n) is 4.44. The largest absolute Gasteiger partial charge is 0.504 e. The third-order valence-electron chi connectivity index (χ3n) is 5.92. The Bertz CT molecular complexity index is 905. The number of rotatable bonds is 5. The van der Waals surface area contributed by atoms with E-state index >= 15 is 0 Å². The lowest BCUT2D eigenvalue weighted by atomic mass is 9.86. The maximum atomic E-state index is 10.0. The van der Waals surface area contributed by atoms with E-state index in [1.807, 2.05) is 18.2 Å². The zero-order valence-corrected chi connectivity index (χ0v) is 16.7. The van der Waals surface area contributed by atoms with Gasteiger partial charge in [0.15, 0.2) is 23.0 Å².